The molecule has 1 N–H and O–H groups in total. The van der Waals surface area contributed by atoms with Crippen LogP contribution in [-0.4, -0.2) is 49.3 Å². The molecule has 7 nitrogen and oxygen atoms in total. The van der Waals surface area contributed by atoms with Crippen molar-refractivity contribution in [3.63, 3.8) is 0 Å². The number of hydrogen-bond donors (Lipinski definition) is 1. The van der Waals surface area contributed by atoms with Crippen LogP contribution in [0.3, 0.4) is 0 Å². The molecule has 172 valence electrons. The Balaban J connectivity index is 1.63. The normalized spacial score (nSPS) is 20.1. The van der Waals surface area contributed by atoms with Gasteiger partial charge in [-0.3, -0.25) is 4.79 Å². The Kier molecular flexibility index (Phi) is 7.33. The highest BCUT2D eigenvalue weighted by Gasteiger charge is 2.36. The number of anilines is 1. The van der Waals surface area contributed by atoms with Crippen LogP contribution in [0.1, 0.15) is 44.1 Å². The second-order valence-corrected chi connectivity index (χ2v) is 10.7. The van der Waals surface area contributed by atoms with Gasteiger partial charge in [0.25, 0.3) is 0 Å². The van der Waals surface area contributed by atoms with Gasteiger partial charge in [-0.2, -0.15) is 4.31 Å². The highest BCUT2D eigenvalue weighted by atomic mass is 35.5. The lowest BCUT2D eigenvalue weighted by molar-refractivity contribution is -0.124. The standard InChI is InChI=1S/C23H29ClN4O3S/c24-19-8-10-20(11-9-19)32(30,31)28(21-6-2-3-13-25-23(21)29)17-18-7-12-22(26-16-18)27-14-4-1-5-15-27/h7-12,16,21H,1-6,13-15,17H2,(H,25,29). The van der Waals surface area contributed by atoms with Gasteiger partial charge < -0.3 is 10.2 Å². The van der Waals surface area contributed by atoms with Gasteiger partial charge in [-0.05, 0) is 74.4 Å². The van der Waals surface area contributed by atoms with Crippen LogP contribution in [0.4, 0.5) is 5.82 Å². The van der Waals surface area contributed by atoms with Crippen molar-refractivity contribution in [2.24, 2.45) is 0 Å². The van der Waals surface area contributed by atoms with Crippen LogP contribution >= 0.6 is 11.6 Å². The van der Waals surface area contributed by atoms with E-state index in [0.717, 1.165) is 50.2 Å². The van der Waals surface area contributed by atoms with Crippen LogP contribution in [0.15, 0.2) is 47.5 Å². The number of sulfonamides is 1. The maximum Gasteiger partial charge on any atom is 0.244 e. The Morgan fingerprint density at radius 3 is 2.47 bits per heavy atom. The summed E-state index contributed by atoms with van der Waals surface area (Å²) in [7, 11) is -3.92. The van der Waals surface area contributed by atoms with Crippen LogP contribution in [0.25, 0.3) is 0 Å². The Bertz CT molecular complexity index is 1020. The van der Waals surface area contributed by atoms with E-state index in [1.54, 1.807) is 18.3 Å². The van der Waals surface area contributed by atoms with Gasteiger partial charge in [0.2, 0.25) is 15.9 Å². The van der Waals surface area contributed by atoms with E-state index < -0.39 is 16.1 Å². The number of piperidine rings is 1. The first kappa shape index (κ1) is 23.0. The zero-order valence-electron chi connectivity index (χ0n) is 18.0. The fourth-order valence-corrected chi connectivity index (χ4v) is 6.03. The van der Waals surface area contributed by atoms with Crippen molar-refractivity contribution in [1.82, 2.24) is 14.6 Å². The molecule has 1 unspecified atom stereocenters. The number of aromatic nitrogens is 1. The zero-order chi connectivity index (χ0) is 22.6. The van der Waals surface area contributed by atoms with Crippen molar-refractivity contribution in [2.45, 2.75) is 56.0 Å². The molecule has 1 atom stereocenters. The zero-order valence-corrected chi connectivity index (χ0v) is 19.6. The Morgan fingerprint density at radius 1 is 1.03 bits per heavy atom. The molecule has 2 aliphatic heterocycles. The minimum atomic E-state index is -3.92. The molecule has 0 saturated carbocycles. The summed E-state index contributed by atoms with van der Waals surface area (Å²) >= 11 is 5.96. The molecule has 0 aliphatic carbocycles. The number of nitrogens with one attached hydrogen (secondary N) is 1. The van der Waals surface area contributed by atoms with E-state index in [-0.39, 0.29) is 17.3 Å². The van der Waals surface area contributed by atoms with E-state index >= 15 is 0 Å². The van der Waals surface area contributed by atoms with E-state index in [1.807, 2.05) is 12.1 Å². The van der Waals surface area contributed by atoms with Gasteiger partial charge in [0.15, 0.2) is 0 Å². The molecular weight excluding hydrogens is 448 g/mol. The lowest BCUT2D eigenvalue weighted by atomic mass is 10.1. The summed E-state index contributed by atoms with van der Waals surface area (Å²) in [6.45, 7) is 2.63. The Labute approximate surface area is 194 Å². The summed E-state index contributed by atoms with van der Waals surface area (Å²) < 4.78 is 28.5. The minimum Gasteiger partial charge on any atom is -0.357 e. The molecule has 2 fully saturated rings. The lowest BCUT2D eigenvalue weighted by Gasteiger charge is -2.30. The molecule has 3 heterocycles. The third-order valence-corrected chi connectivity index (χ3v) is 8.22. The highest BCUT2D eigenvalue weighted by Crippen LogP contribution is 2.26. The molecule has 4 rings (SSSR count). The van der Waals surface area contributed by atoms with Gasteiger partial charge in [-0.15, -0.1) is 0 Å². The van der Waals surface area contributed by atoms with Gasteiger partial charge in [0.05, 0.1) is 4.90 Å². The molecule has 1 amide bonds. The number of benzene rings is 1. The SMILES string of the molecule is O=C1NCCCCC1N(Cc1ccc(N2CCCCC2)nc1)S(=O)(=O)c1ccc(Cl)cc1. The van der Waals surface area contributed by atoms with Crippen molar-refractivity contribution in [2.75, 3.05) is 24.5 Å². The monoisotopic (exact) mass is 476 g/mol. The van der Waals surface area contributed by atoms with Crippen LogP contribution in [-0.2, 0) is 21.4 Å². The van der Waals surface area contributed by atoms with Crippen molar-refractivity contribution in [3.05, 3.63) is 53.2 Å². The van der Waals surface area contributed by atoms with Crippen molar-refractivity contribution in [3.8, 4) is 0 Å². The van der Waals surface area contributed by atoms with Crippen LogP contribution in [0.2, 0.25) is 5.02 Å². The second kappa shape index (κ2) is 10.2. The third kappa shape index (κ3) is 5.24. The first-order valence-electron chi connectivity index (χ1n) is 11.2. The van der Waals surface area contributed by atoms with Crippen molar-refractivity contribution < 1.29 is 13.2 Å². The fraction of sp³-hybridized carbons (Fsp3) is 0.478. The molecule has 0 bridgehead atoms. The number of nitrogens with zero attached hydrogens (tertiary/aromatic N) is 3. The lowest BCUT2D eigenvalue weighted by Crippen LogP contribution is -2.48. The quantitative estimate of drug-likeness (QED) is 0.689. The molecule has 32 heavy (non-hydrogen) atoms. The summed E-state index contributed by atoms with van der Waals surface area (Å²) in [5.41, 5.74) is 0.750. The Hall–Kier alpha value is -2.16. The Morgan fingerprint density at radius 2 is 1.78 bits per heavy atom. The molecule has 2 saturated heterocycles. The smallest absolute Gasteiger partial charge is 0.244 e. The van der Waals surface area contributed by atoms with Gasteiger partial charge >= 0.3 is 0 Å². The summed E-state index contributed by atoms with van der Waals surface area (Å²) in [4.78, 5) is 19.7. The average molecular weight is 477 g/mol. The predicted octanol–water partition coefficient (Wildman–Crippen LogP) is 3.58. The first-order valence-corrected chi connectivity index (χ1v) is 13.0. The van der Waals surface area contributed by atoms with Crippen molar-refractivity contribution >= 4 is 33.3 Å². The van der Waals surface area contributed by atoms with Gasteiger partial charge in [0, 0.05) is 37.4 Å². The molecule has 9 heteroatoms. The third-order valence-electron chi connectivity index (χ3n) is 6.10. The second-order valence-electron chi connectivity index (χ2n) is 8.38. The molecule has 1 aromatic heterocycles. The van der Waals surface area contributed by atoms with Crippen LogP contribution in [0, 0.1) is 0 Å². The molecular formula is C23H29ClN4O3S. The van der Waals surface area contributed by atoms with Crippen molar-refractivity contribution in [1.29, 1.82) is 0 Å². The topological polar surface area (TPSA) is 82.6 Å². The van der Waals surface area contributed by atoms with Gasteiger partial charge in [-0.1, -0.05) is 17.7 Å². The molecule has 1 aromatic carbocycles. The number of hydrogen-bond acceptors (Lipinski definition) is 5. The molecule has 2 aliphatic rings. The maximum atomic E-state index is 13.6. The maximum absolute atomic E-state index is 13.6. The molecule has 2 aromatic rings. The summed E-state index contributed by atoms with van der Waals surface area (Å²) in [6, 6.07) is 9.16. The number of halogens is 1. The largest absolute Gasteiger partial charge is 0.357 e. The predicted molar refractivity (Wildman–Crippen MR) is 125 cm³/mol. The van der Waals surface area contributed by atoms with Crippen LogP contribution in [0.5, 0.6) is 0 Å². The fourth-order valence-electron chi connectivity index (χ4n) is 4.30. The summed E-state index contributed by atoms with van der Waals surface area (Å²) in [6.07, 6.45) is 7.39. The summed E-state index contributed by atoms with van der Waals surface area (Å²) in [5.74, 6) is 0.658. The van der Waals surface area contributed by atoms with E-state index in [0.29, 0.717) is 18.0 Å². The number of carbonyl (C=O) groups excluding carboxylic acids is 1. The van der Waals surface area contributed by atoms with E-state index in [2.05, 4.69) is 15.2 Å². The van der Waals surface area contributed by atoms with Gasteiger partial charge in [0.1, 0.15) is 11.9 Å². The van der Waals surface area contributed by atoms with Gasteiger partial charge in [-0.25, -0.2) is 13.4 Å². The number of carbonyl (C=O) groups is 1. The number of rotatable bonds is 6. The van der Waals surface area contributed by atoms with E-state index in [9.17, 15) is 13.2 Å². The van der Waals surface area contributed by atoms with E-state index in [1.165, 1.54) is 22.9 Å². The molecule has 0 radical (unpaired) electrons. The first-order chi connectivity index (χ1) is 15.4. The van der Waals surface area contributed by atoms with Crippen LogP contribution < -0.4 is 10.2 Å². The minimum absolute atomic E-state index is 0.0797. The van der Waals surface area contributed by atoms with E-state index in [4.69, 9.17) is 11.6 Å². The number of pyridine rings is 1. The number of amides is 1. The molecule has 0 spiro atoms. The average Bonchev–Trinajstić information content (AvgIpc) is 3.03. The summed E-state index contributed by atoms with van der Waals surface area (Å²) in [5, 5.41) is 3.32. The highest BCUT2D eigenvalue weighted by molar-refractivity contribution is 7.89.